The molecule has 0 saturated heterocycles. The summed E-state index contributed by atoms with van der Waals surface area (Å²) >= 11 is 0. The first kappa shape index (κ1) is 21.8. The predicted molar refractivity (Wildman–Crippen MR) is 120 cm³/mol. The van der Waals surface area contributed by atoms with Crippen molar-refractivity contribution in [2.45, 2.75) is 32.6 Å². The van der Waals surface area contributed by atoms with Gasteiger partial charge in [0, 0.05) is 42.4 Å². The summed E-state index contributed by atoms with van der Waals surface area (Å²) in [6, 6.07) is 14.6. The second-order valence-corrected chi connectivity index (χ2v) is 9.80. The molecule has 0 spiro atoms. The molecule has 2 aromatic carbocycles. The van der Waals surface area contributed by atoms with Gasteiger partial charge in [-0.2, -0.15) is 0 Å². The van der Waals surface area contributed by atoms with Gasteiger partial charge in [0.25, 0.3) is 5.91 Å². The highest BCUT2D eigenvalue weighted by Gasteiger charge is 2.20. The summed E-state index contributed by atoms with van der Waals surface area (Å²) < 4.78 is 28.3. The number of hydrogen-bond acceptors (Lipinski definition) is 3. The fraction of sp³-hybridized carbons (Fsp3) is 0.261. The minimum Gasteiger partial charge on any atom is -0.322 e. The van der Waals surface area contributed by atoms with E-state index in [2.05, 4.69) is 22.0 Å². The molecule has 0 unspecified atom stereocenters. The van der Waals surface area contributed by atoms with E-state index in [0.717, 1.165) is 32.5 Å². The number of aromatic nitrogens is 1. The Balaban J connectivity index is 1.90. The number of anilines is 1. The molecular formula is C23H27N3O3S. The van der Waals surface area contributed by atoms with E-state index in [1.807, 2.05) is 39.8 Å². The Kier molecular flexibility index (Phi) is 5.87. The molecule has 3 rings (SSSR count). The lowest BCUT2D eigenvalue weighted by molar-refractivity contribution is 0.102. The maximum atomic E-state index is 12.8. The fourth-order valence-electron chi connectivity index (χ4n) is 3.35. The zero-order valence-corrected chi connectivity index (χ0v) is 19.0. The molecule has 30 heavy (non-hydrogen) atoms. The summed E-state index contributed by atoms with van der Waals surface area (Å²) in [5.74, 6) is -0.288. The van der Waals surface area contributed by atoms with Crippen molar-refractivity contribution in [2.24, 2.45) is 0 Å². The van der Waals surface area contributed by atoms with Gasteiger partial charge in [-0.05, 0) is 87.4 Å². The lowest BCUT2D eigenvalue weighted by atomic mass is 10.1. The van der Waals surface area contributed by atoms with Gasteiger partial charge in [-0.1, -0.05) is 0 Å². The molecule has 1 amide bonds. The molecule has 0 fully saturated rings. The highest BCUT2D eigenvalue weighted by atomic mass is 32.2. The van der Waals surface area contributed by atoms with E-state index in [0.29, 0.717) is 11.3 Å². The normalized spacial score (nSPS) is 11.7. The third-order valence-electron chi connectivity index (χ3n) is 5.33. The number of carbonyl (C=O) groups excluding carboxylic acids is 1. The van der Waals surface area contributed by atoms with Gasteiger partial charge in [-0.3, -0.25) is 4.79 Å². The number of hydrogen-bond donors (Lipinski definition) is 1. The maximum absolute atomic E-state index is 12.8. The van der Waals surface area contributed by atoms with E-state index in [1.165, 1.54) is 20.2 Å². The number of aryl methyl sites for hydroxylation is 3. The number of nitrogens with zero attached hydrogens (tertiary/aromatic N) is 2. The van der Waals surface area contributed by atoms with Crippen LogP contribution in [0.15, 0.2) is 53.4 Å². The molecule has 0 saturated carbocycles. The first-order chi connectivity index (χ1) is 14.0. The second-order valence-electron chi connectivity index (χ2n) is 7.65. The first-order valence-corrected chi connectivity index (χ1v) is 11.1. The van der Waals surface area contributed by atoms with Crippen molar-refractivity contribution in [1.82, 2.24) is 8.87 Å². The highest BCUT2D eigenvalue weighted by molar-refractivity contribution is 7.89. The minimum absolute atomic E-state index is 0.153. The molecule has 0 bridgehead atoms. The Hall–Kier alpha value is -2.90. The van der Waals surface area contributed by atoms with Gasteiger partial charge in [-0.25, -0.2) is 12.7 Å². The van der Waals surface area contributed by atoms with Crippen LogP contribution in [-0.4, -0.2) is 37.3 Å². The van der Waals surface area contributed by atoms with Gasteiger partial charge < -0.3 is 9.88 Å². The molecule has 6 nitrogen and oxygen atoms in total. The Morgan fingerprint density at radius 1 is 0.900 bits per heavy atom. The summed E-state index contributed by atoms with van der Waals surface area (Å²) in [6.45, 7) is 7.76. The predicted octanol–water partition coefficient (Wildman–Crippen LogP) is 4.21. The van der Waals surface area contributed by atoms with Crippen LogP contribution in [0.4, 0.5) is 5.69 Å². The summed E-state index contributed by atoms with van der Waals surface area (Å²) in [4.78, 5) is 13.0. The Labute approximate surface area is 178 Å². The standard InChI is InChI=1S/C23H27N3O3S/c1-15-13-21(30(28,29)25(5)6)14-22(18(15)4)24-23(27)19-9-11-20(12-10-19)26-16(2)7-8-17(26)3/h7-14H,1-6H3,(H,24,27). The third-order valence-corrected chi connectivity index (χ3v) is 7.12. The maximum Gasteiger partial charge on any atom is 0.255 e. The molecule has 1 aromatic heterocycles. The van der Waals surface area contributed by atoms with Crippen LogP contribution in [0.5, 0.6) is 0 Å². The van der Waals surface area contributed by atoms with Crippen molar-refractivity contribution in [1.29, 1.82) is 0 Å². The van der Waals surface area contributed by atoms with E-state index in [-0.39, 0.29) is 10.8 Å². The monoisotopic (exact) mass is 425 g/mol. The Morgan fingerprint density at radius 2 is 1.47 bits per heavy atom. The van der Waals surface area contributed by atoms with E-state index < -0.39 is 10.0 Å². The van der Waals surface area contributed by atoms with Crippen molar-refractivity contribution in [3.05, 3.63) is 76.6 Å². The molecule has 0 aliphatic carbocycles. The Morgan fingerprint density at radius 3 is 2.00 bits per heavy atom. The number of amides is 1. The van der Waals surface area contributed by atoms with E-state index >= 15 is 0 Å². The lowest BCUT2D eigenvalue weighted by Crippen LogP contribution is -2.23. The van der Waals surface area contributed by atoms with E-state index in [9.17, 15) is 13.2 Å². The first-order valence-electron chi connectivity index (χ1n) is 9.63. The lowest BCUT2D eigenvalue weighted by Gasteiger charge is -2.16. The summed E-state index contributed by atoms with van der Waals surface area (Å²) in [5, 5.41) is 2.87. The molecule has 0 atom stereocenters. The van der Waals surface area contributed by atoms with Crippen LogP contribution in [0.25, 0.3) is 5.69 Å². The zero-order chi connectivity index (χ0) is 22.2. The van der Waals surface area contributed by atoms with Gasteiger partial charge in [0.05, 0.1) is 4.90 Å². The fourth-order valence-corrected chi connectivity index (χ4v) is 4.36. The molecule has 1 heterocycles. The summed E-state index contributed by atoms with van der Waals surface area (Å²) in [5.41, 5.74) is 5.83. The molecule has 0 aliphatic rings. The van der Waals surface area contributed by atoms with Crippen molar-refractivity contribution in [3.63, 3.8) is 0 Å². The van der Waals surface area contributed by atoms with Crippen LogP contribution in [-0.2, 0) is 10.0 Å². The number of carbonyl (C=O) groups is 1. The van der Waals surface area contributed by atoms with Gasteiger partial charge >= 0.3 is 0 Å². The number of nitrogens with one attached hydrogen (secondary N) is 1. The van der Waals surface area contributed by atoms with Crippen LogP contribution in [0.2, 0.25) is 0 Å². The minimum atomic E-state index is -3.60. The van der Waals surface area contributed by atoms with Crippen molar-refractivity contribution in [3.8, 4) is 5.69 Å². The topological polar surface area (TPSA) is 71.4 Å². The number of sulfonamides is 1. The van der Waals surface area contributed by atoms with Crippen LogP contribution in [0, 0.1) is 27.7 Å². The molecule has 1 N–H and O–H groups in total. The second kappa shape index (κ2) is 8.08. The SMILES string of the molecule is Cc1cc(S(=O)(=O)N(C)C)cc(NC(=O)c2ccc(-n3c(C)ccc3C)cc2)c1C. The van der Waals surface area contributed by atoms with Crippen LogP contribution in [0.1, 0.15) is 32.9 Å². The van der Waals surface area contributed by atoms with Crippen molar-refractivity contribution in [2.75, 3.05) is 19.4 Å². The van der Waals surface area contributed by atoms with Crippen LogP contribution >= 0.6 is 0 Å². The summed E-state index contributed by atoms with van der Waals surface area (Å²) in [6.07, 6.45) is 0. The van der Waals surface area contributed by atoms with Gasteiger partial charge in [-0.15, -0.1) is 0 Å². The third kappa shape index (κ3) is 4.04. The molecule has 0 radical (unpaired) electrons. The van der Waals surface area contributed by atoms with Crippen molar-refractivity contribution >= 4 is 21.6 Å². The quantitative estimate of drug-likeness (QED) is 0.665. The average molecular weight is 426 g/mol. The zero-order valence-electron chi connectivity index (χ0n) is 18.1. The molecule has 3 aromatic rings. The molecular weight excluding hydrogens is 398 g/mol. The van der Waals surface area contributed by atoms with Gasteiger partial charge in [0.15, 0.2) is 0 Å². The van der Waals surface area contributed by atoms with Crippen LogP contribution < -0.4 is 5.32 Å². The smallest absolute Gasteiger partial charge is 0.255 e. The summed E-state index contributed by atoms with van der Waals surface area (Å²) in [7, 11) is -0.629. The van der Waals surface area contributed by atoms with Crippen LogP contribution in [0.3, 0.4) is 0 Å². The number of rotatable bonds is 5. The molecule has 158 valence electrons. The van der Waals surface area contributed by atoms with Gasteiger partial charge in [0.2, 0.25) is 10.0 Å². The average Bonchev–Trinajstić information content (AvgIpc) is 3.03. The van der Waals surface area contributed by atoms with Crippen molar-refractivity contribution < 1.29 is 13.2 Å². The van der Waals surface area contributed by atoms with E-state index in [1.54, 1.807) is 18.2 Å². The van der Waals surface area contributed by atoms with E-state index in [4.69, 9.17) is 0 Å². The molecule has 0 aliphatic heterocycles. The number of benzene rings is 2. The Bertz CT molecular complexity index is 1190. The van der Waals surface area contributed by atoms with Gasteiger partial charge in [0.1, 0.15) is 0 Å². The largest absolute Gasteiger partial charge is 0.322 e. The highest BCUT2D eigenvalue weighted by Crippen LogP contribution is 2.26. The molecule has 7 heteroatoms.